The minimum absolute atomic E-state index is 0.0367. The number of benzene rings is 2. The predicted molar refractivity (Wildman–Crippen MR) is 126 cm³/mol. The smallest absolute Gasteiger partial charge is 0.241 e. The van der Waals surface area contributed by atoms with Gasteiger partial charge in [0, 0.05) is 18.9 Å². The Hall–Kier alpha value is -2.76. The van der Waals surface area contributed by atoms with Crippen LogP contribution in [-0.4, -0.2) is 37.1 Å². The maximum Gasteiger partial charge on any atom is 0.241 e. The summed E-state index contributed by atoms with van der Waals surface area (Å²) in [5.74, 6) is 0.774. The van der Waals surface area contributed by atoms with Gasteiger partial charge in [-0.05, 0) is 91.3 Å². The second kappa shape index (κ2) is 11.0. The largest absolute Gasteiger partial charge is 0.354 e. The number of nitrogens with one attached hydrogen (secondary N) is 3. The second-order valence-corrected chi connectivity index (χ2v) is 8.37. The molecule has 1 unspecified atom stereocenters. The lowest BCUT2D eigenvalue weighted by atomic mass is 9.94. The molecule has 0 radical (unpaired) electrons. The molecule has 0 aliphatic carbocycles. The number of nitrogens with zero attached hydrogens (tertiary/aromatic N) is 1. The Bertz CT molecular complexity index is 969. The van der Waals surface area contributed by atoms with Gasteiger partial charge in [-0.3, -0.25) is 9.78 Å². The average Bonchev–Trinajstić information content (AvgIpc) is 2.83. The summed E-state index contributed by atoms with van der Waals surface area (Å²) >= 11 is 0. The maximum absolute atomic E-state index is 13.2. The summed E-state index contributed by atoms with van der Waals surface area (Å²) in [6.45, 7) is 3.67. The highest BCUT2D eigenvalue weighted by molar-refractivity contribution is 5.87. The van der Waals surface area contributed by atoms with Crippen LogP contribution in [0.1, 0.15) is 36.4 Å². The quantitative estimate of drug-likeness (QED) is 0.499. The Labute approximate surface area is 184 Å². The van der Waals surface area contributed by atoms with Crippen molar-refractivity contribution >= 4 is 16.7 Å². The second-order valence-electron chi connectivity index (χ2n) is 8.37. The van der Waals surface area contributed by atoms with Crippen LogP contribution in [0.2, 0.25) is 0 Å². The lowest BCUT2D eigenvalue weighted by Gasteiger charge is -2.24. The summed E-state index contributed by atoms with van der Waals surface area (Å²) in [5.41, 5.74) is 2.20. The highest BCUT2D eigenvalue weighted by Gasteiger charge is 2.21. The Balaban J connectivity index is 1.41. The molecular weight excluding hydrogens is 384 g/mol. The number of pyridine rings is 1. The normalized spacial score (nSPS) is 15.6. The van der Waals surface area contributed by atoms with E-state index < -0.39 is 0 Å². The first-order chi connectivity index (χ1) is 15.3. The van der Waals surface area contributed by atoms with Crippen LogP contribution in [0.15, 0.2) is 67.0 Å². The fraction of sp³-hybridized carbons (Fsp3) is 0.385. The van der Waals surface area contributed by atoms with Gasteiger partial charge in [0.1, 0.15) is 6.04 Å². The molecule has 3 aromatic rings. The molecule has 3 N–H and O–H groups in total. The summed E-state index contributed by atoms with van der Waals surface area (Å²) in [6.07, 6.45) is 7.93. The molecule has 4 rings (SSSR count). The molecule has 0 spiro atoms. The summed E-state index contributed by atoms with van der Waals surface area (Å²) in [4.78, 5) is 17.2. The molecule has 0 saturated carbocycles. The van der Waals surface area contributed by atoms with Crippen molar-refractivity contribution in [2.75, 3.05) is 26.2 Å². The molecule has 1 aliphatic heterocycles. The summed E-state index contributed by atoms with van der Waals surface area (Å²) in [5, 5.41) is 12.5. The van der Waals surface area contributed by atoms with Crippen LogP contribution in [0.3, 0.4) is 0 Å². The average molecular weight is 417 g/mol. The zero-order valence-corrected chi connectivity index (χ0v) is 18.0. The van der Waals surface area contributed by atoms with Gasteiger partial charge >= 0.3 is 0 Å². The van der Waals surface area contributed by atoms with E-state index in [2.05, 4.69) is 51.3 Å². The van der Waals surface area contributed by atoms with E-state index in [-0.39, 0.29) is 11.9 Å². The maximum atomic E-state index is 13.2. The minimum atomic E-state index is -0.344. The van der Waals surface area contributed by atoms with Gasteiger partial charge in [-0.25, -0.2) is 0 Å². The SMILES string of the molecule is O=C(NCCc1ccncc1)C(NCCC1CCNCC1)c1ccc2ccccc2c1. The van der Waals surface area contributed by atoms with Crippen molar-refractivity contribution < 1.29 is 4.79 Å². The van der Waals surface area contributed by atoms with E-state index in [1.165, 1.54) is 23.8 Å². The van der Waals surface area contributed by atoms with E-state index in [0.717, 1.165) is 49.3 Å². The Morgan fingerprint density at radius 3 is 2.58 bits per heavy atom. The first-order valence-corrected chi connectivity index (χ1v) is 11.4. The van der Waals surface area contributed by atoms with Gasteiger partial charge < -0.3 is 16.0 Å². The van der Waals surface area contributed by atoms with Crippen LogP contribution in [0, 0.1) is 5.92 Å². The van der Waals surface area contributed by atoms with E-state index in [9.17, 15) is 4.79 Å². The molecule has 1 atom stereocenters. The zero-order valence-electron chi connectivity index (χ0n) is 18.0. The van der Waals surface area contributed by atoms with Crippen LogP contribution in [-0.2, 0) is 11.2 Å². The monoisotopic (exact) mass is 416 g/mol. The summed E-state index contributed by atoms with van der Waals surface area (Å²) in [7, 11) is 0. The van der Waals surface area contributed by atoms with Crippen molar-refractivity contribution in [1.29, 1.82) is 0 Å². The van der Waals surface area contributed by atoms with E-state index >= 15 is 0 Å². The fourth-order valence-corrected chi connectivity index (χ4v) is 4.33. The van der Waals surface area contributed by atoms with Crippen molar-refractivity contribution in [2.24, 2.45) is 5.92 Å². The van der Waals surface area contributed by atoms with E-state index in [4.69, 9.17) is 0 Å². The van der Waals surface area contributed by atoms with E-state index in [0.29, 0.717) is 6.54 Å². The van der Waals surface area contributed by atoms with E-state index in [1.807, 2.05) is 24.3 Å². The zero-order chi connectivity index (χ0) is 21.3. The van der Waals surface area contributed by atoms with Crippen LogP contribution in [0.25, 0.3) is 10.8 Å². The minimum Gasteiger partial charge on any atom is -0.354 e. The third-order valence-corrected chi connectivity index (χ3v) is 6.19. The van der Waals surface area contributed by atoms with Crippen molar-refractivity contribution in [3.05, 3.63) is 78.1 Å². The van der Waals surface area contributed by atoms with Crippen LogP contribution in [0.4, 0.5) is 0 Å². The Morgan fingerprint density at radius 1 is 1.00 bits per heavy atom. The van der Waals surface area contributed by atoms with Crippen molar-refractivity contribution in [1.82, 2.24) is 20.9 Å². The molecule has 1 amide bonds. The first kappa shape index (κ1) is 21.5. The topological polar surface area (TPSA) is 66.0 Å². The molecule has 31 heavy (non-hydrogen) atoms. The third-order valence-electron chi connectivity index (χ3n) is 6.19. The van der Waals surface area contributed by atoms with Gasteiger partial charge in [0.2, 0.25) is 5.91 Å². The van der Waals surface area contributed by atoms with Crippen molar-refractivity contribution in [3.8, 4) is 0 Å². The molecular formula is C26H32N4O. The summed E-state index contributed by atoms with van der Waals surface area (Å²) in [6, 6.07) is 18.3. The molecule has 2 heterocycles. The fourth-order valence-electron chi connectivity index (χ4n) is 4.33. The van der Waals surface area contributed by atoms with Gasteiger partial charge in [-0.2, -0.15) is 0 Å². The van der Waals surface area contributed by atoms with Gasteiger partial charge in [0.25, 0.3) is 0 Å². The molecule has 1 fully saturated rings. The lowest BCUT2D eigenvalue weighted by Crippen LogP contribution is -2.39. The molecule has 1 aliphatic rings. The highest BCUT2D eigenvalue weighted by atomic mass is 16.2. The molecule has 2 aromatic carbocycles. The van der Waals surface area contributed by atoms with Gasteiger partial charge in [-0.1, -0.05) is 36.4 Å². The van der Waals surface area contributed by atoms with Crippen LogP contribution < -0.4 is 16.0 Å². The van der Waals surface area contributed by atoms with Gasteiger partial charge in [-0.15, -0.1) is 0 Å². The molecule has 5 heteroatoms. The van der Waals surface area contributed by atoms with Crippen LogP contribution >= 0.6 is 0 Å². The molecule has 162 valence electrons. The van der Waals surface area contributed by atoms with Crippen molar-refractivity contribution in [2.45, 2.75) is 31.7 Å². The number of amides is 1. The van der Waals surface area contributed by atoms with Crippen LogP contribution in [0.5, 0.6) is 0 Å². The molecule has 5 nitrogen and oxygen atoms in total. The van der Waals surface area contributed by atoms with Gasteiger partial charge in [0.15, 0.2) is 0 Å². The number of carbonyl (C=O) groups excluding carboxylic acids is 1. The predicted octanol–water partition coefficient (Wildman–Crippen LogP) is 3.61. The number of hydrogen-bond donors (Lipinski definition) is 3. The highest BCUT2D eigenvalue weighted by Crippen LogP contribution is 2.22. The number of aromatic nitrogens is 1. The first-order valence-electron chi connectivity index (χ1n) is 11.4. The van der Waals surface area contributed by atoms with Gasteiger partial charge in [0.05, 0.1) is 0 Å². The molecule has 0 bridgehead atoms. The number of hydrogen-bond acceptors (Lipinski definition) is 4. The molecule has 1 aromatic heterocycles. The third kappa shape index (κ3) is 6.12. The standard InChI is InChI=1S/C26H32N4O/c31-26(30-18-12-21-9-15-28-16-10-21)25(29-17-11-20-7-13-27-14-8-20)24-6-5-22-3-1-2-4-23(22)19-24/h1-6,9-10,15-16,19-20,25,27,29H,7-8,11-14,17-18H2,(H,30,31). The number of fused-ring (bicyclic) bond motifs is 1. The Kier molecular flexibility index (Phi) is 7.64. The van der Waals surface area contributed by atoms with Crippen molar-refractivity contribution in [3.63, 3.8) is 0 Å². The van der Waals surface area contributed by atoms with E-state index in [1.54, 1.807) is 12.4 Å². The molecule has 1 saturated heterocycles. The summed E-state index contributed by atoms with van der Waals surface area (Å²) < 4.78 is 0. The number of piperidine rings is 1. The Morgan fingerprint density at radius 2 is 1.77 bits per heavy atom. The lowest BCUT2D eigenvalue weighted by molar-refractivity contribution is -0.123. The number of carbonyl (C=O) groups is 1. The number of rotatable bonds is 9.